The molecule has 2 aliphatic rings. The number of carboxylic acid groups (broad SMARTS) is 1. The number of nitrogens with one attached hydrogen (secondary N) is 1. The Bertz CT molecular complexity index is 1010. The summed E-state index contributed by atoms with van der Waals surface area (Å²) in [5.41, 5.74) is 3.30. The predicted octanol–water partition coefficient (Wildman–Crippen LogP) is 4.16. The molecule has 0 bridgehead atoms. The van der Waals surface area contributed by atoms with Crippen LogP contribution in [0.25, 0.3) is 11.1 Å². The van der Waals surface area contributed by atoms with Crippen LogP contribution in [0.1, 0.15) is 56.1 Å². The Morgan fingerprint density at radius 2 is 1.61 bits per heavy atom. The van der Waals surface area contributed by atoms with Crippen molar-refractivity contribution in [2.24, 2.45) is 0 Å². The van der Waals surface area contributed by atoms with Crippen LogP contribution in [0.4, 0.5) is 4.79 Å². The number of rotatable bonds is 7. The van der Waals surface area contributed by atoms with Gasteiger partial charge in [0.2, 0.25) is 5.91 Å². The van der Waals surface area contributed by atoms with Crippen molar-refractivity contribution in [3.63, 3.8) is 0 Å². The van der Waals surface area contributed by atoms with Crippen molar-refractivity contribution in [3.05, 3.63) is 59.7 Å². The molecule has 7 heteroatoms. The van der Waals surface area contributed by atoms with E-state index in [2.05, 4.69) is 17.4 Å². The topological polar surface area (TPSA) is 95.9 Å². The highest BCUT2D eigenvalue weighted by Gasteiger charge is 2.48. The Kier molecular flexibility index (Phi) is 6.40. The Labute approximate surface area is 193 Å². The number of fused-ring (bicyclic) bond motifs is 3. The van der Waals surface area contributed by atoms with Crippen LogP contribution in [-0.2, 0) is 14.3 Å². The third kappa shape index (κ3) is 4.08. The van der Waals surface area contributed by atoms with E-state index in [1.54, 1.807) is 6.92 Å². The normalized spacial score (nSPS) is 17.0. The van der Waals surface area contributed by atoms with Crippen LogP contribution in [-0.4, -0.2) is 53.2 Å². The standard InChI is InChI=1S/C26H30N2O5/c1-3-22(23(29)28(2)26(24(30)31)14-8-9-15-26)27-25(32)33-16-21-19-12-6-4-10-17(19)18-11-5-7-13-20(18)21/h4-7,10-13,21-22H,3,8-9,14-16H2,1-2H3,(H,27,32)(H,30,31)/t22-/m1/s1. The number of carboxylic acids is 1. The second-order valence-corrected chi connectivity index (χ2v) is 8.87. The molecule has 2 aromatic rings. The van der Waals surface area contributed by atoms with Crippen molar-refractivity contribution in [2.75, 3.05) is 13.7 Å². The number of hydrogen-bond acceptors (Lipinski definition) is 4. The lowest BCUT2D eigenvalue weighted by Gasteiger charge is -2.36. The van der Waals surface area contributed by atoms with Gasteiger partial charge >= 0.3 is 12.1 Å². The molecule has 0 unspecified atom stereocenters. The second kappa shape index (κ2) is 9.25. The summed E-state index contributed by atoms with van der Waals surface area (Å²) in [6.07, 6.45) is 2.03. The molecule has 0 heterocycles. The summed E-state index contributed by atoms with van der Waals surface area (Å²) in [6.45, 7) is 1.93. The first-order chi connectivity index (χ1) is 15.9. The van der Waals surface area contributed by atoms with Gasteiger partial charge in [-0.05, 0) is 41.5 Å². The minimum Gasteiger partial charge on any atom is -0.479 e. The lowest BCUT2D eigenvalue weighted by atomic mass is 9.94. The summed E-state index contributed by atoms with van der Waals surface area (Å²) in [4.78, 5) is 39.0. The zero-order valence-corrected chi connectivity index (χ0v) is 19.0. The van der Waals surface area contributed by atoms with Crippen molar-refractivity contribution in [1.82, 2.24) is 10.2 Å². The number of ether oxygens (including phenoxy) is 1. The van der Waals surface area contributed by atoms with Gasteiger partial charge in [0.25, 0.3) is 0 Å². The quantitative estimate of drug-likeness (QED) is 0.660. The Hall–Kier alpha value is -3.35. The highest BCUT2D eigenvalue weighted by atomic mass is 16.5. The maximum absolute atomic E-state index is 13.1. The molecule has 2 N–H and O–H groups in total. The average Bonchev–Trinajstić information content (AvgIpc) is 3.45. The first-order valence-electron chi connectivity index (χ1n) is 11.5. The molecule has 33 heavy (non-hydrogen) atoms. The lowest BCUT2D eigenvalue weighted by Crippen LogP contribution is -2.58. The maximum Gasteiger partial charge on any atom is 0.407 e. The van der Waals surface area contributed by atoms with Crippen LogP contribution >= 0.6 is 0 Å². The van der Waals surface area contributed by atoms with E-state index in [-0.39, 0.29) is 12.5 Å². The van der Waals surface area contributed by atoms with Gasteiger partial charge in [-0.3, -0.25) is 4.79 Å². The first-order valence-corrected chi connectivity index (χ1v) is 11.5. The van der Waals surface area contributed by atoms with Gasteiger partial charge in [-0.1, -0.05) is 68.3 Å². The van der Waals surface area contributed by atoms with Crippen LogP contribution in [0.5, 0.6) is 0 Å². The van der Waals surface area contributed by atoms with E-state index < -0.39 is 29.6 Å². The number of alkyl carbamates (subject to hydrolysis) is 1. The van der Waals surface area contributed by atoms with Gasteiger partial charge in [-0.2, -0.15) is 0 Å². The van der Waals surface area contributed by atoms with Gasteiger partial charge in [-0.25, -0.2) is 9.59 Å². The molecule has 4 rings (SSSR count). The van der Waals surface area contributed by atoms with E-state index in [1.807, 2.05) is 36.4 Å². The second-order valence-electron chi connectivity index (χ2n) is 8.87. The van der Waals surface area contributed by atoms with Crippen molar-refractivity contribution in [2.45, 2.75) is 56.5 Å². The Balaban J connectivity index is 1.42. The van der Waals surface area contributed by atoms with E-state index in [0.717, 1.165) is 35.1 Å². The van der Waals surface area contributed by atoms with Crippen molar-refractivity contribution >= 4 is 18.0 Å². The molecule has 0 spiro atoms. The number of carbonyl (C=O) groups is 3. The van der Waals surface area contributed by atoms with Crippen molar-refractivity contribution in [1.29, 1.82) is 0 Å². The molecule has 1 saturated carbocycles. The van der Waals surface area contributed by atoms with Gasteiger partial charge in [-0.15, -0.1) is 0 Å². The first kappa shape index (κ1) is 22.8. The molecule has 7 nitrogen and oxygen atoms in total. The number of amides is 2. The van der Waals surface area contributed by atoms with Crippen LogP contribution < -0.4 is 5.32 Å². The van der Waals surface area contributed by atoms with Crippen LogP contribution in [0.2, 0.25) is 0 Å². The number of aliphatic carboxylic acids is 1. The number of carbonyl (C=O) groups excluding carboxylic acids is 2. The molecule has 0 saturated heterocycles. The van der Waals surface area contributed by atoms with Gasteiger partial charge in [0.15, 0.2) is 0 Å². The predicted molar refractivity (Wildman–Crippen MR) is 124 cm³/mol. The summed E-state index contributed by atoms with van der Waals surface area (Å²) in [7, 11) is 1.52. The molecular weight excluding hydrogens is 420 g/mol. The van der Waals surface area contributed by atoms with Crippen LogP contribution in [0, 0.1) is 0 Å². The number of nitrogens with zero attached hydrogens (tertiary/aromatic N) is 1. The summed E-state index contributed by atoms with van der Waals surface area (Å²) in [5.74, 6) is -1.47. The van der Waals surface area contributed by atoms with Crippen LogP contribution in [0.15, 0.2) is 48.5 Å². The fraction of sp³-hybridized carbons (Fsp3) is 0.423. The third-order valence-corrected chi connectivity index (χ3v) is 7.14. The zero-order valence-electron chi connectivity index (χ0n) is 19.0. The minimum atomic E-state index is -1.20. The molecule has 1 atom stereocenters. The molecular formula is C26H30N2O5. The van der Waals surface area contributed by atoms with E-state index in [0.29, 0.717) is 19.3 Å². The minimum absolute atomic E-state index is 0.0737. The van der Waals surface area contributed by atoms with E-state index in [4.69, 9.17) is 4.74 Å². The number of benzene rings is 2. The molecule has 1 fully saturated rings. The third-order valence-electron chi connectivity index (χ3n) is 7.14. The number of likely N-dealkylation sites (N-methyl/N-ethyl adjacent to an activating group) is 1. The van der Waals surface area contributed by atoms with Gasteiger partial charge in [0, 0.05) is 13.0 Å². The molecule has 2 aromatic carbocycles. The van der Waals surface area contributed by atoms with Gasteiger partial charge in [0.1, 0.15) is 18.2 Å². The van der Waals surface area contributed by atoms with Crippen LogP contribution in [0.3, 0.4) is 0 Å². The monoisotopic (exact) mass is 450 g/mol. The van der Waals surface area contributed by atoms with E-state index in [1.165, 1.54) is 11.9 Å². The SMILES string of the molecule is CC[C@@H](NC(=O)OCC1c2ccccc2-c2ccccc21)C(=O)N(C)C1(C(=O)O)CCCC1. The van der Waals surface area contributed by atoms with Crippen molar-refractivity contribution < 1.29 is 24.2 Å². The highest BCUT2D eigenvalue weighted by Crippen LogP contribution is 2.44. The Morgan fingerprint density at radius 1 is 1.06 bits per heavy atom. The molecule has 0 aliphatic heterocycles. The fourth-order valence-corrected chi connectivity index (χ4v) is 5.22. The summed E-state index contributed by atoms with van der Waals surface area (Å²) in [6, 6.07) is 15.3. The zero-order chi connectivity index (χ0) is 23.6. The van der Waals surface area contributed by atoms with Gasteiger partial charge < -0.3 is 20.1 Å². The van der Waals surface area contributed by atoms with E-state index >= 15 is 0 Å². The molecule has 2 aliphatic carbocycles. The smallest absolute Gasteiger partial charge is 0.407 e. The number of hydrogen-bond donors (Lipinski definition) is 2. The molecule has 0 radical (unpaired) electrons. The molecule has 2 amide bonds. The fourth-order valence-electron chi connectivity index (χ4n) is 5.22. The van der Waals surface area contributed by atoms with Gasteiger partial charge in [0.05, 0.1) is 0 Å². The largest absolute Gasteiger partial charge is 0.479 e. The van der Waals surface area contributed by atoms with E-state index in [9.17, 15) is 19.5 Å². The molecule has 0 aromatic heterocycles. The summed E-state index contributed by atoms with van der Waals surface area (Å²) >= 11 is 0. The summed E-state index contributed by atoms with van der Waals surface area (Å²) in [5, 5.41) is 12.4. The Morgan fingerprint density at radius 3 is 2.12 bits per heavy atom. The lowest BCUT2D eigenvalue weighted by molar-refractivity contribution is -0.158. The van der Waals surface area contributed by atoms with Crippen molar-refractivity contribution in [3.8, 4) is 11.1 Å². The molecule has 174 valence electrons. The summed E-state index contributed by atoms with van der Waals surface area (Å²) < 4.78 is 5.56. The highest BCUT2D eigenvalue weighted by molar-refractivity contribution is 5.91. The maximum atomic E-state index is 13.1. The average molecular weight is 451 g/mol.